The fraction of sp³-hybridized carbons (Fsp3) is 0.667. The van der Waals surface area contributed by atoms with Crippen LogP contribution in [0.25, 0.3) is 11.2 Å². The predicted molar refractivity (Wildman–Crippen MR) is 87.8 cm³/mol. The van der Waals surface area contributed by atoms with Crippen LogP contribution in [0.3, 0.4) is 0 Å². The van der Waals surface area contributed by atoms with Crippen molar-refractivity contribution in [2.45, 2.75) is 53.0 Å². The zero-order valence-corrected chi connectivity index (χ0v) is 13.8. The van der Waals surface area contributed by atoms with Crippen molar-refractivity contribution in [1.29, 1.82) is 0 Å². The van der Waals surface area contributed by atoms with Crippen LogP contribution in [0.5, 0.6) is 0 Å². The summed E-state index contributed by atoms with van der Waals surface area (Å²) in [6, 6.07) is 0. The van der Waals surface area contributed by atoms with Gasteiger partial charge in [0.1, 0.15) is 5.52 Å². The summed E-state index contributed by atoms with van der Waals surface area (Å²) < 4.78 is 2.10. The number of anilines is 1. The van der Waals surface area contributed by atoms with Gasteiger partial charge in [-0.05, 0) is 23.9 Å². The molecule has 0 unspecified atom stereocenters. The number of unbranched alkanes of at least 4 members (excludes halogenated alkanes) is 3. The quantitative estimate of drug-likeness (QED) is 0.588. The molecule has 0 saturated carbocycles. The van der Waals surface area contributed by atoms with Crippen molar-refractivity contribution >= 4 is 28.6 Å². The highest BCUT2D eigenvalue weighted by Crippen LogP contribution is 2.22. The highest BCUT2D eigenvalue weighted by Gasteiger charge is 2.13. The molecular weight excluding hydrogens is 286 g/mol. The van der Waals surface area contributed by atoms with Crippen molar-refractivity contribution in [3.05, 3.63) is 11.6 Å². The van der Waals surface area contributed by atoms with E-state index in [2.05, 4.69) is 45.6 Å². The van der Waals surface area contributed by atoms with E-state index in [4.69, 9.17) is 11.6 Å². The Morgan fingerprint density at radius 1 is 1.24 bits per heavy atom. The van der Waals surface area contributed by atoms with Crippen molar-refractivity contribution in [1.82, 2.24) is 19.5 Å². The summed E-state index contributed by atoms with van der Waals surface area (Å²) in [7, 11) is 0. The minimum absolute atomic E-state index is 0.244. The highest BCUT2D eigenvalue weighted by atomic mass is 35.5. The molecular formula is C15H24ClN5. The summed E-state index contributed by atoms with van der Waals surface area (Å²) >= 11 is 5.99. The van der Waals surface area contributed by atoms with Crippen LogP contribution in [-0.2, 0) is 6.54 Å². The van der Waals surface area contributed by atoms with Gasteiger partial charge in [-0.1, -0.05) is 40.0 Å². The standard InChI is InChI=1S/C15H24ClN5/c1-4-5-6-7-8-17-13-12-14(20-15(16)19-13)18-10-21(12)9-11(2)3/h10-11H,4-9H2,1-3H3,(H,17,19,20). The zero-order valence-electron chi connectivity index (χ0n) is 13.1. The maximum absolute atomic E-state index is 5.99. The number of nitrogens with zero attached hydrogens (tertiary/aromatic N) is 4. The van der Waals surface area contributed by atoms with Gasteiger partial charge in [0.2, 0.25) is 5.28 Å². The van der Waals surface area contributed by atoms with Gasteiger partial charge in [0.05, 0.1) is 6.33 Å². The number of fused-ring (bicyclic) bond motifs is 1. The van der Waals surface area contributed by atoms with Gasteiger partial charge in [0.15, 0.2) is 11.5 Å². The van der Waals surface area contributed by atoms with Crippen molar-refractivity contribution in [2.24, 2.45) is 5.92 Å². The number of imidazole rings is 1. The smallest absolute Gasteiger partial charge is 0.226 e. The molecule has 0 amide bonds. The lowest BCUT2D eigenvalue weighted by Gasteiger charge is -2.11. The second-order valence-corrected chi connectivity index (χ2v) is 6.13. The first-order valence-corrected chi connectivity index (χ1v) is 8.11. The molecule has 2 rings (SSSR count). The van der Waals surface area contributed by atoms with Crippen LogP contribution in [0.2, 0.25) is 5.28 Å². The van der Waals surface area contributed by atoms with Crippen LogP contribution in [0.4, 0.5) is 5.82 Å². The van der Waals surface area contributed by atoms with Crippen LogP contribution in [-0.4, -0.2) is 26.1 Å². The van der Waals surface area contributed by atoms with Crippen molar-refractivity contribution in [2.75, 3.05) is 11.9 Å². The fourth-order valence-corrected chi connectivity index (χ4v) is 2.53. The van der Waals surface area contributed by atoms with E-state index in [1.807, 2.05) is 6.33 Å². The number of nitrogens with one attached hydrogen (secondary N) is 1. The summed E-state index contributed by atoms with van der Waals surface area (Å²) in [6.07, 6.45) is 6.70. The third-order valence-corrected chi connectivity index (χ3v) is 3.50. The van der Waals surface area contributed by atoms with Crippen molar-refractivity contribution in [3.63, 3.8) is 0 Å². The maximum atomic E-state index is 5.99. The number of hydrogen-bond acceptors (Lipinski definition) is 4. The van der Waals surface area contributed by atoms with E-state index in [1.54, 1.807) is 0 Å². The largest absolute Gasteiger partial charge is 0.368 e. The molecule has 0 atom stereocenters. The molecule has 5 nitrogen and oxygen atoms in total. The van der Waals surface area contributed by atoms with Gasteiger partial charge in [0, 0.05) is 13.1 Å². The first-order chi connectivity index (χ1) is 10.1. The Kier molecular flexibility index (Phi) is 5.79. The van der Waals surface area contributed by atoms with Gasteiger partial charge in [-0.2, -0.15) is 9.97 Å². The minimum Gasteiger partial charge on any atom is -0.368 e. The molecule has 0 aromatic carbocycles. The van der Waals surface area contributed by atoms with Crippen LogP contribution in [0.15, 0.2) is 6.33 Å². The monoisotopic (exact) mass is 309 g/mol. The molecule has 0 aliphatic heterocycles. The van der Waals surface area contributed by atoms with Crippen LogP contribution < -0.4 is 5.32 Å². The summed E-state index contributed by atoms with van der Waals surface area (Å²) in [5.41, 5.74) is 1.61. The summed E-state index contributed by atoms with van der Waals surface area (Å²) in [6.45, 7) is 8.37. The molecule has 0 bridgehead atoms. The summed E-state index contributed by atoms with van der Waals surface area (Å²) in [5, 5.41) is 3.63. The Bertz CT molecular complexity index is 579. The van der Waals surface area contributed by atoms with Gasteiger partial charge in [0.25, 0.3) is 0 Å². The van der Waals surface area contributed by atoms with E-state index in [0.29, 0.717) is 11.6 Å². The molecule has 0 radical (unpaired) electrons. The topological polar surface area (TPSA) is 55.6 Å². The number of rotatable bonds is 8. The third-order valence-electron chi connectivity index (χ3n) is 3.33. The normalized spacial score (nSPS) is 11.5. The molecule has 0 fully saturated rings. The molecule has 2 heterocycles. The fourth-order valence-electron chi connectivity index (χ4n) is 2.37. The predicted octanol–water partition coefficient (Wildman–Crippen LogP) is 4.13. The van der Waals surface area contributed by atoms with Crippen LogP contribution >= 0.6 is 11.6 Å². The zero-order chi connectivity index (χ0) is 15.2. The van der Waals surface area contributed by atoms with Crippen LogP contribution in [0, 0.1) is 5.92 Å². The minimum atomic E-state index is 0.244. The first-order valence-electron chi connectivity index (χ1n) is 7.74. The molecule has 2 aromatic rings. The molecule has 0 saturated heterocycles. The maximum Gasteiger partial charge on any atom is 0.226 e. The molecule has 116 valence electrons. The van der Waals surface area contributed by atoms with Crippen molar-refractivity contribution < 1.29 is 0 Å². The average molecular weight is 310 g/mol. The van der Waals surface area contributed by atoms with E-state index in [0.717, 1.165) is 30.8 Å². The van der Waals surface area contributed by atoms with E-state index in [-0.39, 0.29) is 5.28 Å². The van der Waals surface area contributed by atoms with Crippen molar-refractivity contribution in [3.8, 4) is 0 Å². The number of aromatic nitrogens is 4. The van der Waals surface area contributed by atoms with Crippen LogP contribution in [0.1, 0.15) is 46.5 Å². The Morgan fingerprint density at radius 3 is 2.76 bits per heavy atom. The van der Waals surface area contributed by atoms with E-state index in [1.165, 1.54) is 19.3 Å². The molecule has 0 spiro atoms. The van der Waals surface area contributed by atoms with Gasteiger partial charge in [-0.3, -0.25) is 0 Å². The lowest BCUT2D eigenvalue weighted by atomic mass is 10.2. The lowest BCUT2D eigenvalue weighted by molar-refractivity contribution is 0.532. The highest BCUT2D eigenvalue weighted by molar-refractivity contribution is 6.28. The van der Waals surface area contributed by atoms with Gasteiger partial charge < -0.3 is 9.88 Å². The van der Waals surface area contributed by atoms with Gasteiger partial charge in [-0.25, -0.2) is 4.98 Å². The van der Waals surface area contributed by atoms with Gasteiger partial charge in [-0.15, -0.1) is 0 Å². The summed E-state index contributed by atoms with van der Waals surface area (Å²) in [5.74, 6) is 1.33. The second kappa shape index (κ2) is 7.59. The molecule has 1 N–H and O–H groups in total. The first kappa shape index (κ1) is 16.0. The second-order valence-electron chi connectivity index (χ2n) is 5.79. The third kappa shape index (κ3) is 4.30. The van der Waals surface area contributed by atoms with E-state index >= 15 is 0 Å². The molecule has 21 heavy (non-hydrogen) atoms. The Labute approximate surface area is 131 Å². The van der Waals surface area contributed by atoms with E-state index in [9.17, 15) is 0 Å². The van der Waals surface area contributed by atoms with Gasteiger partial charge >= 0.3 is 0 Å². The molecule has 2 aromatic heterocycles. The number of halogens is 1. The molecule has 6 heteroatoms. The molecule has 0 aliphatic carbocycles. The Morgan fingerprint density at radius 2 is 2.05 bits per heavy atom. The Balaban J connectivity index is 2.17. The number of hydrogen-bond donors (Lipinski definition) is 1. The molecule has 0 aliphatic rings. The van der Waals surface area contributed by atoms with E-state index < -0.39 is 0 Å². The SMILES string of the molecule is CCCCCCNc1nc(Cl)nc2ncn(CC(C)C)c12. The lowest BCUT2D eigenvalue weighted by Crippen LogP contribution is -2.09. The summed E-state index contributed by atoms with van der Waals surface area (Å²) in [4.78, 5) is 12.9. The average Bonchev–Trinajstić information content (AvgIpc) is 2.80. The Hall–Kier alpha value is -1.36.